The van der Waals surface area contributed by atoms with Gasteiger partial charge in [-0.1, -0.05) is 70.8 Å². The summed E-state index contributed by atoms with van der Waals surface area (Å²) in [6.45, 7) is 31.4. The first-order chi connectivity index (χ1) is 37.0. The maximum atomic E-state index is 5.17. The zero-order chi connectivity index (χ0) is 53.6. The van der Waals surface area contributed by atoms with Crippen molar-refractivity contribution in [3.05, 3.63) is 218 Å². The van der Waals surface area contributed by atoms with E-state index in [2.05, 4.69) is 243 Å². The van der Waals surface area contributed by atoms with E-state index in [1.165, 1.54) is 132 Å². The van der Waals surface area contributed by atoms with Gasteiger partial charge in [0.2, 0.25) is 0 Å². The molecule has 0 atom stereocenters. The fourth-order valence-corrected chi connectivity index (χ4v) is 13.1. The van der Waals surface area contributed by atoms with Crippen LogP contribution in [0.2, 0.25) is 0 Å². The van der Waals surface area contributed by atoms with Crippen LogP contribution in [0.4, 0.5) is 0 Å². The van der Waals surface area contributed by atoms with Gasteiger partial charge in [0.05, 0.1) is 44.5 Å². The van der Waals surface area contributed by atoms with Crippen molar-refractivity contribution >= 4 is 65.4 Å². The van der Waals surface area contributed by atoms with Crippen molar-refractivity contribution in [2.24, 2.45) is 0 Å². The van der Waals surface area contributed by atoms with Crippen LogP contribution < -0.4 is 0 Å². The predicted molar refractivity (Wildman–Crippen MR) is 328 cm³/mol. The van der Waals surface area contributed by atoms with Crippen LogP contribution in [0.3, 0.4) is 0 Å². The molecular weight excluding hydrogens is 935 g/mol. The van der Waals surface area contributed by atoms with Crippen LogP contribution in [-0.2, 0) is 0 Å². The number of aromatic nitrogens is 5. The minimum absolute atomic E-state index is 0.755. The Morgan fingerprint density at radius 3 is 1.00 bits per heavy atom. The Morgan fingerprint density at radius 2 is 0.649 bits per heavy atom. The second kappa shape index (κ2) is 17.5. The van der Waals surface area contributed by atoms with Crippen LogP contribution in [-0.4, -0.2) is 23.7 Å². The Balaban J connectivity index is 1.15. The molecule has 378 valence electrons. The molecule has 0 saturated heterocycles. The zero-order valence-electron chi connectivity index (χ0n) is 47.0. The number of aryl methyl sites for hydroxylation is 10. The lowest BCUT2D eigenvalue weighted by Gasteiger charge is -2.24. The third-order valence-corrected chi connectivity index (χ3v) is 17.6. The van der Waals surface area contributed by atoms with Crippen LogP contribution in [0.25, 0.3) is 116 Å². The van der Waals surface area contributed by atoms with Gasteiger partial charge in [0.15, 0.2) is 0 Å². The summed E-state index contributed by atoms with van der Waals surface area (Å²) in [7, 11) is 0. The quantitative estimate of drug-likeness (QED) is 0.167. The van der Waals surface area contributed by atoms with Crippen molar-refractivity contribution in [1.82, 2.24) is 23.7 Å². The molecule has 0 bridgehead atoms. The summed E-state index contributed by atoms with van der Waals surface area (Å²) < 4.78 is 7.55. The molecule has 13 aromatic rings. The molecule has 0 saturated carbocycles. The largest absolute Gasteiger partial charge is 0.309 e. The van der Waals surface area contributed by atoms with Crippen LogP contribution in [0.5, 0.6) is 0 Å². The van der Waals surface area contributed by atoms with Gasteiger partial charge in [-0.15, -0.1) is 0 Å². The summed E-state index contributed by atoms with van der Waals surface area (Å²) in [6, 6.07) is 53.0. The number of hydrogen-bond acceptors (Lipinski definition) is 2. The van der Waals surface area contributed by atoms with Gasteiger partial charge in [-0.05, 0) is 244 Å². The van der Waals surface area contributed by atoms with Crippen LogP contribution in [0.15, 0.2) is 140 Å². The van der Waals surface area contributed by atoms with Gasteiger partial charge >= 0.3 is 0 Å². The second-order valence-corrected chi connectivity index (χ2v) is 22.5. The molecule has 0 N–H and O–H groups in total. The third kappa shape index (κ3) is 7.27. The summed E-state index contributed by atoms with van der Waals surface area (Å²) in [5.74, 6) is 0.755. The Labute approximate surface area is 452 Å². The smallest absolute Gasteiger partial charge is 0.126 e. The standard InChI is InChI=1S/C72H65N5/c1-38-15-27-64-59(31-38)60-32-39(2)16-28-65(60)75(64)55-23-19-52(20-24-55)57-36-54(63-35-42(5)73-51(14)74-63)37-58(53-21-25-56(26-22-53)76-66-29-17-40(3)33-61(66)62-34-41(4)18-30-67(62)76)72(57)77-70-49(12)45(8)43(6)47(10)68(70)69-48(11)44(7)46(9)50(13)71(69)77/h15-37H,1-14H3. The molecule has 77 heavy (non-hydrogen) atoms. The van der Waals surface area contributed by atoms with Gasteiger partial charge in [-0.25, -0.2) is 9.97 Å². The summed E-state index contributed by atoms with van der Waals surface area (Å²) in [5, 5.41) is 7.78. The van der Waals surface area contributed by atoms with Crippen molar-refractivity contribution in [2.45, 2.75) is 96.9 Å². The van der Waals surface area contributed by atoms with E-state index in [1.54, 1.807) is 0 Å². The fraction of sp³-hybridized carbons (Fsp3) is 0.194. The van der Waals surface area contributed by atoms with E-state index in [9.17, 15) is 0 Å². The number of benzene rings is 9. The number of hydrogen-bond donors (Lipinski definition) is 0. The van der Waals surface area contributed by atoms with E-state index in [4.69, 9.17) is 9.97 Å². The molecule has 0 radical (unpaired) electrons. The highest BCUT2D eigenvalue weighted by atomic mass is 15.0. The molecule has 4 aromatic heterocycles. The molecule has 9 aromatic carbocycles. The van der Waals surface area contributed by atoms with E-state index < -0.39 is 0 Å². The van der Waals surface area contributed by atoms with E-state index >= 15 is 0 Å². The Kier molecular flexibility index (Phi) is 10.9. The Hall–Kier alpha value is -8.54. The molecular formula is C72H65N5. The minimum Gasteiger partial charge on any atom is -0.309 e. The Bertz CT molecular complexity index is 4280. The van der Waals surface area contributed by atoms with E-state index in [-0.39, 0.29) is 0 Å². The highest BCUT2D eigenvalue weighted by Crippen LogP contribution is 2.49. The maximum absolute atomic E-state index is 5.17. The predicted octanol–water partition coefficient (Wildman–Crippen LogP) is 19.1. The monoisotopic (exact) mass is 1000 g/mol. The fourth-order valence-electron chi connectivity index (χ4n) is 13.1. The first-order valence-corrected chi connectivity index (χ1v) is 27.2. The third-order valence-electron chi connectivity index (χ3n) is 17.6. The lowest BCUT2D eigenvalue weighted by atomic mass is 9.90. The maximum Gasteiger partial charge on any atom is 0.126 e. The normalized spacial score (nSPS) is 12.0. The van der Waals surface area contributed by atoms with Crippen molar-refractivity contribution in [1.29, 1.82) is 0 Å². The molecule has 0 unspecified atom stereocenters. The summed E-state index contributed by atoms with van der Waals surface area (Å²) in [4.78, 5) is 9.94. The average Bonchev–Trinajstić information content (AvgIpc) is 4.09. The van der Waals surface area contributed by atoms with Crippen LogP contribution in [0, 0.1) is 96.9 Å². The first kappa shape index (κ1) is 48.1. The molecule has 5 nitrogen and oxygen atoms in total. The topological polar surface area (TPSA) is 40.6 Å². The number of fused-ring (bicyclic) bond motifs is 9. The molecule has 0 amide bonds. The van der Waals surface area contributed by atoms with Crippen molar-refractivity contribution in [3.63, 3.8) is 0 Å². The summed E-state index contributed by atoms with van der Waals surface area (Å²) >= 11 is 0. The van der Waals surface area contributed by atoms with E-state index in [1.807, 2.05) is 6.92 Å². The van der Waals surface area contributed by atoms with Crippen LogP contribution in [0.1, 0.15) is 78.3 Å². The minimum atomic E-state index is 0.755. The molecule has 4 heterocycles. The summed E-state index contributed by atoms with van der Waals surface area (Å²) in [5.41, 5.74) is 33.8. The van der Waals surface area contributed by atoms with Gasteiger partial charge in [0.1, 0.15) is 5.82 Å². The van der Waals surface area contributed by atoms with Crippen molar-refractivity contribution in [2.75, 3.05) is 0 Å². The molecule has 13 rings (SSSR count). The average molecular weight is 1000 g/mol. The number of nitrogens with zero attached hydrogens (tertiary/aromatic N) is 5. The Morgan fingerprint density at radius 1 is 0.299 bits per heavy atom. The SMILES string of the molecule is Cc1ccc2c(c1)c1cc(C)ccc1n2-c1ccc(-c2cc(-c3cc(C)nc(C)n3)cc(-c3ccc(-n4c5ccc(C)cc5c5cc(C)ccc54)cc3)c2-n2c3c(C)c(C)c(C)c(C)c3c3c(C)c(C)c(C)c(C)c32)cc1. The number of rotatable bonds is 6. The molecule has 5 heteroatoms. The van der Waals surface area contributed by atoms with Gasteiger partial charge in [0.25, 0.3) is 0 Å². The zero-order valence-corrected chi connectivity index (χ0v) is 47.0. The van der Waals surface area contributed by atoms with Gasteiger partial charge in [-0.3, -0.25) is 0 Å². The molecule has 0 aliphatic rings. The lowest BCUT2D eigenvalue weighted by Crippen LogP contribution is -2.06. The highest BCUT2D eigenvalue weighted by molar-refractivity contribution is 6.17. The molecule has 0 fully saturated rings. The van der Waals surface area contributed by atoms with Crippen molar-refractivity contribution < 1.29 is 0 Å². The van der Waals surface area contributed by atoms with E-state index in [0.29, 0.717) is 0 Å². The van der Waals surface area contributed by atoms with Gasteiger partial charge in [-0.2, -0.15) is 0 Å². The van der Waals surface area contributed by atoms with E-state index in [0.717, 1.165) is 62.1 Å². The van der Waals surface area contributed by atoms with Gasteiger partial charge < -0.3 is 13.7 Å². The van der Waals surface area contributed by atoms with Gasteiger partial charge in [0, 0.05) is 66.1 Å². The van der Waals surface area contributed by atoms with Crippen molar-refractivity contribution in [3.8, 4) is 50.6 Å². The molecule has 0 aliphatic carbocycles. The first-order valence-electron chi connectivity index (χ1n) is 27.2. The summed E-state index contributed by atoms with van der Waals surface area (Å²) in [6.07, 6.45) is 0. The molecule has 0 spiro atoms. The lowest BCUT2D eigenvalue weighted by molar-refractivity contribution is 1.02. The van der Waals surface area contributed by atoms with Crippen LogP contribution >= 0.6 is 0 Å². The molecule has 0 aliphatic heterocycles. The highest BCUT2D eigenvalue weighted by Gasteiger charge is 2.28. The second-order valence-electron chi connectivity index (χ2n) is 22.5.